The van der Waals surface area contributed by atoms with Crippen LogP contribution in [-0.2, 0) is 9.53 Å². The van der Waals surface area contributed by atoms with Gasteiger partial charge in [0.25, 0.3) is 0 Å². The molecule has 0 spiro atoms. The van der Waals surface area contributed by atoms with Gasteiger partial charge in [0.1, 0.15) is 0 Å². The van der Waals surface area contributed by atoms with E-state index in [0.29, 0.717) is 11.0 Å². The molecule has 21 heavy (non-hydrogen) atoms. The molecule has 0 aliphatic carbocycles. The number of aromatic carboxylic acids is 1. The Morgan fingerprint density at radius 3 is 2.95 bits per heavy atom. The highest BCUT2D eigenvalue weighted by Crippen LogP contribution is 2.24. The molecule has 114 valence electrons. The van der Waals surface area contributed by atoms with Crippen LogP contribution in [0.3, 0.4) is 0 Å². The van der Waals surface area contributed by atoms with E-state index in [2.05, 4.69) is 21.2 Å². The van der Waals surface area contributed by atoms with Crippen LogP contribution in [-0.4, -0.2) is 42.0 Å². The van der Waals surface area contributed by atoms with Gasteiger partial charge in [-0.05, 0) is 47.0 Å². The predicted molar refractivity (Wildman–Crippen MR) is 83.8 cm³/mol. The first kappa shape index (κ1) is 16.3. The van der Waals surface area contributed by atoms with Crippen LogP contribution in [0.2, 0.25) is 0 Å². The zero-order valence-electron chi connectivity index (χ0n) is 11.3. The van der Waals surface area contributed by atoms with Crippen LogP contribution in [0.5, 0.6) is 0 Å². The zero-order chi connectivity index (χ0) is 15.2. The van der Waals surface area contributed by atoms with E-state index in [4.69, 9.17) is 9.84 Å². The molecule has 0 bridgehead atoms. The van der Waals surface area contributed by atoms with Gasteiger partial charge < -0.3 is 15.2 Å². The molecule has 2 rings (SSSR count). The number of hydrogen-bond acceptors (Lipinski definition) is 4. The number of halogens is 1. The van der Waals surface area contributed by atoms with E-state index in [0.717, 1.165) is 24.3 Å². The van der Waals surface area contributed by atoms with Crippen molar-refractivity contribution < 1.29 is 19.4 Å². The first-order valence-electron chi connectivity index (χ1n) is 6.60. The number of thioether (sulfide) groups is 1. The number of carbonyl (C=O) groups is 2. The summed E-state index contributed by atoms with van der Waals surface area (Å²) in [6.45, 7) is 1.31. The summed E-state index contributed by atoms with van der Waals surface area (Å²) in [7, 11) is 0. The summed E-state index contributed by atoms with van der Waals surface area (Å²) < 4.78 is 5.96. The summed E-state index contributed by atoms with van der Waals surface area (Å²) in [5.74, 6) is -0.810. The minimum atomic E-state index is -0.993. The van der Waals surface area contributed by atoms with Gasteiger partial charge in [-0.2, -0.15) is 0 Å². The van der Waals surface area contributed by atoms with Crippen molar-refractivity contribution in [2.45, 2.75) is 23.8 Å². The quantitative estimate of drug-likeness (QED) is 0.749. The van der Waals surface area contributed by atoms with Crippen LogP contribution < -0.4 is 5.32 Å². The second kappa shape index (κ2) is 7.82. The number of carboxylic acid groups (broad SMARTS) is 1. The molecule has 5 nitrogen and oxygen atoms in total. The second-order valence-electron chi connectivity index (χ2n) is 4.67. The van der Waals surface area contributed by atoms with Crippen LogP contribution in [0.15, 0.2) is 27.6 Å². The molecule has 1 heterocycles. The van der Waals surface area contributed by atoms with Crippen LogP contribution in [0.25, 0.3) is 0 Å². The lowest BCUT2D eigenvalue weighted by Crippen LogP contribution is -2.32. The molecule has 0 radical (unpaired) electrons. The summed E-state index contributed by atoms with van der Waals surface area (Å²) in [4.78, 5) is 23.5. The number of carboxylic acids is 1. The molecule has 1 aliphatic rings. The van der Waals surface area contributed by atoms with Crippen molar-refractivity contribution in [2.75, 3.05) is 18.9 Å². The Kier molecular flexibility index (Phi) is 6.08. The number of benzene rings is 1. The molecule has 1 unspecified atom stereocenters. The topological polar surface area (TPSA) is 75.6 Å². The van der Waals surface area contributed by atoms with Gasteiger partial charge in [-0.15, -0.1) is 11.8 Å². The van der Waals surface area contributed by atoms with E-state index in [9.17, 15) is 9.59 Å². The van der Waals surface area contributed by atoms with Gasteiger partial charge in [0.15, 0.2) is 0 Å². The molecule has 7 heteroatoms. The summed E-state index contributed by atoms with van der Waals surface area (Å²) in [6, 6.07) is 5.02. The van der Waals surface area contributed by atoms with Crippen LogP contribution in [0.4, 0.5) is 0 Å². The standard InChI is InChI=1S/C14H16BrNO4S/c15-12-4-3-10(6-11(12)14(18)19)21-8-13(17)16-7-9-2-1-5-20-9/h3-4,6,9H,1-2,5,7-8H2,(H,16,17)(H,18,19). The number of ether oxygens (including phenoxy) is 1. The summed E-state index contributed by atoms with van der Waals surface area (Å²) >= 11 is 4.50. The first-order valence-corrected chi connectivity index (χ1v) is 8.38. The summed E-state index contributed by atoms with van der Waals surface area (Å²) in [5.41, 5.74) is 0.194. The fraction of sp³-hybridized carbons (Fsp3) is 0.429. The van der Waals surface area contributed by atoms with E-state index in [-0.39, 0.29) is 23.3 Å². The van der Waals surface area contributed by atoms with Crippen LogP contribution in [0.1, 0.15) is 23.2 Å². The monoisotopic (exact) mass is 373 g/mol. The third kappa shape index (κ3) is 5.01. The van der Waals surface area contributed by atoms with E-state index < -0.39 is 5.97 Å². The van der Waals surface area contributed by atoms with E-state index in [1.807, 2.05) is 0 Å². The van der Waals surface area contributed by atoms with Gasteiger partial charge in [-0.1, -0.05) is 0 Å². The fourth-order valence-electron chi connectivity index (χ4n) is 1.99. The number of rotatable bonds is 6. The van der Waals surface area contributed by atoms with Gasteiger partial charge in [0, 0.05) is 22.5 Å². The highest BCUT2D eigenvalue weighted by molar-refractivity contribution is 9.10. The fourth-order valence-corrected chi connectivity index (χ4v) is 3.17. The Morgan fingerprint density at radius 1 is 1.48 bits per heavy atom. The summed E-state index contributed by atoms with van der Waals surface area (Å²) in [6.07, 6.45) is 2.17. The highest BCUT2D eigenvalue weighted by Gasteiger charge is 2.16. The maximum Gasteiger partial charge on any atom is 0.336 e. The number of carbonyl (C=O) groups excluding carboxylic acids is 1. The molecular formula is C14H16BrNO4S. The van der Waals surface area contributed by atoms with E-state index >= 15 is 0 Å². The van der Waals surface area contributed by atoms with E-state index in [1.165, 1.54) is 11.8 Å². The van der Waals surface area contributed by atoms with Crippen molar-refractivity contribution >= 4 is 39.6 Å². The van der Waals surface area contributed by atoms with Crippen molar-refractivity contribution in [3.63, 3.8) is 0 Å². The molecular weight excluding hydrogens is 358 g/mol. The van der Waals surface area contributed by atoms with Crippen molar-refractivity contribution in [1.82, 2.24) is 5.32 Å². The molecule has 1 aromatic rings. The average molecular weight is 374 g/mol. The molecule has 0 saturated carbocycles. The minimum absolute atomic E-state index is 0.0738. The first-order chi connectivity index (χ1) is 10.1. The van der Waals surface area contributed by atoms with Gasteiger partial charge in [0.05, 0.1) is 17.4 Å². The average Bonchev–Trinajstić information content (AvgIpc) is 2.97. The maximum absolute atomic E-state index is 11.7. The summed E-state index contributed by atoms with van der Waals surface area (Å²) in [5, 5.41) is 11.9. The number of nitrogens with one attached hydrogen (secondary N) is 1. The Morgan fingerprint density at radius 2 is 2.29 bits per heavy atom. The van der Waals surface area contributed by atoms with Crippen LogP contribution >= 0.6 is 27.7 Å². The molecule has 2 N–H and O–H groups in total. The molecule has 1 amide bonds. The maximum atomic E-state index is 11.7. The lowest BCUT2D eigenvalue weighted by atomic mass is 10.2. The van der Waals surface area contributed by atoms with Crippen molar-refractivity contribution in [3.05, 3.63) is 28.2 Å². The molecule has 1 aliphatic heterocycles. The van der Waals surface area contributed by atoms with Gasteiger partial charge >= 0.3 is 5.97 Å². The highest BCUT2D eigenvalue weighted by atomic mass is 79.9. The van der Waals surface area contributed by atoms with Gasteiger partial charge in [-0.25, -0.2) is 4.79 Å². The van der Waals surface area contributed by atoms with Gasteiger partial charge in [-0.3, -0.25) is 4.79 Å². The molecule has 0 aromatic heterocycles. The Hall–Kier alpha value is -1.05. The number of hydrogen-bond donors (Lipinski definition) is 2. The lowest BCUT2D eigenvalue weighted by Gasteiger charge is -2.10. The lowest BCUT2D eigenvalue weighted by molar-refractivity contribution is -0.119. The third-order valence-electron chi connectivity index (χ3n) is 3.09. The molecule has 1 atom stereocenters. The van der Waals surface area contributed by atoms with E-state index in [1.54, 1.807) is 18.2 Å². The van der Waals surface area contributed by atoms with Gasteiger partial charge in [0.2, 0.25) is 5.91 Å². The smallest absolute Gasteiger partial charge is 0.336 e. The largest absolute Gasteiger partial charge is 0.478 e. The molecule has 1 aromatic carbocycles. The number of amides is 1. The second-order valence-corrected chi connectivity index (χ2v) is 6.58. The third-order valence-corrected chi connectivity index (χ3v) is 4.77. The molecule has 1 fully saturated rings. The molecule has 1 saturated heterocycles. The van der Waals surface area contributed by atoms with Crippen LogP contribution in [0, 0.1) is 0 Å². The zero-order valence-corrected chi connectivity index (χ0v) is 13.7. The Labute approximate surface area is 135 Å². The predicted octanol–water partition coefficient (Wildman–Crippen LogP) is 2.53. The van der Waals surface area contributed by atoms with Crippen molar-refractivity contribution in [3.8, 4) is 0 Å². The normalized spacial score (nSPS) is 17.7. The van der Waals surface area contributed by atoms with Crippen molar-refractivity contribution in [1.29, 1.82) is 0 Å². The van der Waals surface area contributed by atoms with Crippen molar-refractivity contribution in [2.24, 2.45) is 0 Å². The Balaban J connectivity index is 1.80. The minimum Gasteiger partial charge on any atom is -0.478 e. The SMILES string of the molecule is O=C(CSc1ccc(Br)c(C(=O)O)c1)NCC1CCCO1. The Bertz CT molecular complexity index is 532.